The average molecular weight is 379 g/mol. The quantitative estimate of drug-likeness (QED) is 0.737. The van der Waals surface area contributed by atoms with Crippen molar-refractivity contribution in [1.82, 2.24) is 4.90 Å². The molecular weight excluding hydrogens is 348 g/mol. The lowest BCUT2D eigenvalue weighted by Gasteiger charge is -2.29. The summed E-state index contributed by atoms with van der Waals surface area (Å²) in [7, 11) is 0. The number of anilines is 1. The lowest BCUT2D eigenvalue weighted by atomic mass is 10.0. The van der Waals surface area contributed by atoms with Gasteiger partial charge in [0.1, 0.15) is 0 Å². The fraction of sp³-hybridized carbons (Fsp3) is 0.417. The first-order chi connectivity index (χ1) is 13.4. The van der Waals surface area contributed by atoms with E-state index in [1.54, 1.807) is 4.90 Å². The Hall–Kier alpha value is -2.62. The van der Waals surface area contributed by atoms with E-state index in [0.29, 0.717) is 19.0 Å². The van der Waals surface area contributed by atoms with Crippen molar-refractivity contribution in [3.63, 3.8) is 0 Å². The Morgan fingerprint density at radius 3 is 2.32 bits per heavy atom. The molecule has 1 heterocycles. The summed E-state index contributed by atoms with van der Waals surface area (Å²) >= 11 is 0. The van der Waals surface area contributed by atoms with Crippen LogP contribution in [0.25, 0.3) is 0 Å². The summed E-state index contributed by atoms with van der Waals surface area (Å²) in [5.41, 5.74) is 3.20. The highest BCUT2D eigenvalue weighted by Gasteiger charge is 2.38. The molecule has 2 amide bonds. The number of rotatable bonds is 6. The SMILES string of the molecule is CC(C)c1ccccc1N1CC(C(=O)N(Cc2ccccc2)C(C)C)CC1=O. The highest BCUT2D eigenvalue weighted by molar-refractivity contribution is 6.01. The van der Waals surface area contributed by atoms with Crippen molar-refractivity contribution in [1.29, 1.82) is 0 Å². The topological polar surface area (TPSA) is 40.6 Å². The fourth-order valence-electron chi connectivity index (χ4n) is 3.86. The van der Waals surface area contributed by atoms with Crippen LogP contribution in [-0.4, -0.2) is 29.3 Å². The van der Waals surface area contributed by atoms with Gasteiger partial charge in [-0.15, -0.1) is 0 Å². The van der Waals surface area contributed by atoms with Gasteiger partial charge in [-0.25, -0.2) is 0 Å². The molecule has 1 unspecified atom stereocenters. The zero-order valence-electron chi connectivity index (χ0n) is 17.3. The number of nitrogens with zero attached hydrogens (tertiary/aromatic N) is 2. The maximum atomic E-state index is 13.3. The third kappa shape index (κ3) is 4.27. The molecule has 1 aliphatic rings. The molecule has 0 aromatic heterocycles. The Balaban J connectivity index is 1.79. The first kappa shape index (κ1) is 20.1. The maximum Gasteiger partial charge on any atom is 0.228 e. The van der Waals surface area contributed by atoms with Crippen molar-refractivity contribution in [3.05, 3.63) is 65.7 Å². The average Bonchev–Trinajstić information content (AvgIpc) is 3.07. The number of carbonyl (C=O) groups excluding carboxylic acids is 2. The number of carbonyl (C=O) groups is 2. The number of hydrogen-bond donors (Lipinski definition) is 0. The van der Waals surface area contributed by atoms with Gasteiger partial charge in [0.15, 0.2) is 0 Å². The predicted molar refractivity (Wildman–Crippen MR) is 113 cm³/mol. The zero-order valence-corrected chi connectivity index (χ0v) is 17.3. The molecule has 0 radical (unpaired) electrons. The van der Waals surface area contributed by atoms with Crippen molar-refractivity contribution >= 4 is 17.5 Å². The van der Waals surface area contributed by atoms with Crippen LogP contribution in [-0.2, 0) is 16.1 Å². The molecule has 0 spiro atoms. The number of hydrogen-bond acceptors (Lipinski definition) is 2. The molecule has 28 heavy (non-hydrogen) atoms. The van der Waals surface area contributed by atoms with Crippen LogP contribution >= 0.6 is 0 Å². The summed E-state index contributed by atoms with van der Waals surface area (Å²) in [5.74, 6) is 0.134. The molecule has 0 N–H and O–H groups in total. The molecule has 1 saturated heterocycles. The van der Waals surface area contributed by atoms with Crippen molar-refractivity contribution in [3.8, 4) is 0 Å². The summed E-state index contributed by atoms with van der Waals surface area (Å²) in [4.78, 5) is 29.7. The lowest BCUT2D eigenvalue weighted by Crippen LogP contribution is -2.41. The van der Waals surface area contributed by atoms with E-state index >= 15 is 0 Å². The van der Waals surface area contributed by atoms with E-state index in [1.807, 2.05) is 67.3 Å². The normalized spacial score (nSPS) is 16.9. The molecule has 0 saturated carbocycles. The minimum absolute atomic E-state index is 0.0369. The van der Waals surface area contributed by atoms with Crippen LogP contribution in [0.3, 0.4) is 0 Å². The van der Waals surface area contributed by atoms with E-state index in [9.17, 15) is 9.59 Å². The largest absolute Gasteiger partial charge is 0.336 e. The summed E-state index contributed by atoms with van der Waals surface area (Å²) in [5, 5.41) is 0. The highest BCUT2D eigenvalue weighted by atomic mass is 16.2. The molecule has 4 heteroatoms. The van der Waals surface area contributed by atoms with Gasteiger partial charge in [-0.1, -0.05) is 62.4 Å². The Morgan fingerprint density at radius 1 is 1.04 bits per heavy atom. The fourth-order valence-corrected chi connectivity index (χ4v) is 3.86. The number of para-hydroxylation sites is 1. The zero-order chi connectivity index (χ0) is 20.3. The van der Waals surface area contributed by atoms with Crippen LogP contribution in [0.1, 0.15) is 51.2 Å². The minimum atomic E-state index is -0.293. The van der Waals surface area contributed by atoms with E-state index in [-0.39, 0.29) is 30.2 Å². The van der Waals surface area contributed by atoms with Crippen molar-refractivity contribution in [2.45, 2.75) is 52.6 Å². The second kappa shape index (κ2) is 8.59. The molecule has 1 aliphatic heterocycles. The van der Waals surface area contributed by atoms with Crippen LogP contribution < -0.4 is 4.90 Å². The monoisotopic (exact) mass is 378 g/mol. The van der Waals surface area contributed by atoms with Crippen LogP contribution in [0.15, 0.2) is 54.6 Å². The minimum Gasteiger partial charge on any atom is -0.336 e. The van der Waals surface area contributed by atoms with Crippen LogP contribution in [0.2, 0.25) is 0 Å². The third-order valence-corrected chi connectivity index (χ3v) is 5.43. The van der Waals surface area contributed by atoms with Gasteiger partial charge < -0.3 is 9.80 Å². The van der Waals surface area contributed by atoms with Gasteiger partial charge in [-0.2, -0.15) is 0 Å². The maximum absolute atomic E-state index is 13.3. The van der Waals surface area contributed by atoms with Gasteiger partial charge in [0.05, 0.1) is 5.92 Å². The molecule has 3 rings (SSSR count). The summed E-state index contributed by atoms with van der Waals surface area (Å²) in [6.07, 6.45) is 0.281. The Kier molecular flexibility index (Phi) is 6.18. The molecule has 4 nitrogen and oxygen atoms in total. The molecule has 2 aromatic rings. The van der Waals surface area contributed by atoms with Gasteiger partial charge in [-0.05, 0) is 37.0 Å². The smallest absolute Gasteiger partial charge is 0.228 e. The van der Waals surface area contributed by atoms with E-state index in [1.165, 1.54) is 0 Å². The molecule has 0 bridgehead atoms. The second-order valence-corrected chi connectivity index (χ2v) is 8.16. The number of benzene rings is 2. The van der Waals surface area contributed by atoms with Crippen LogP contribution in [0, 0.1) is 5.92 Å². The molecule has 1 atom stereocenters. The van der Waals surface area contributed by atoms with E-state index in [0.717, 1.165) is 16.8 Å². The lowest BCUT2D eigenvalue weighted by molar-refractivity contribution is -0.138. The highest BCUT2D eigenvalue weighted by Crippen LogP contribution is 2.33. The summed E-state index contributed by atoms with van der Waals surface area (Å²) < 4.78 is 0. The van der Waals surface area contributed by atoms with Crippen LogP contribution in [0.5, 0.6) is 0 Å². The van der Waals surface area contributed by atoms with E-state index in [2.05, 4.69) is 19.9 Å². The standard InChI is InChI=1S/C24H30N2O2/c1-17(2)21-12-8-9-13-22(21)26-16-20(14-23(26)27)24(28)25(18(3)4)15-19-10-6-5-7-11-19/h5-13,17-18,20H,14-16H2,1-4H3. The first-order valence-electron chi connectivity index (χ1n) is 10.1. The molecule has 2 aromatic carbocycles. The Labute approximate surface area is 168 Å². The van der Waals surface area contributed by atoms with Gasteiger partial charge in [0, 0.05) is 31.2 Å². The predicted octanol–water partition coefficient (Wildman–Crippen LogP) is 4.60. The van der Waals surface area contributed by atoms with Crippen LogP contribution in [0.4, 0.5) is 5.69 Å². The summed E-state index contributed by atoms with van der Waals surface area (Å²) in [6, 6.07) is 18.1. The Morgan fingerprint density at radius 2 is 1.68 bits per heavy atom. The van der Waals surface area contributed by atoms with E-state index < -0.39 is 0 Å². The van der Waals surface area contributed by atoms with Crippen molar-refractivity contribution in [2.24, 2.45) is 5.92 Å². The first-order valence-corrected chi connectivity index (χ1v) is 10.1. The number of amides is 2. The molecular formula is C24H30N2O2. The molecule has 148 valence electrons. The second-order valence-electron chi connectivity index (χ2n) is 8.16. The van der Waals surface area contributed by atoms with Gasteiger partial charge in [0.2, 0.25) is 11.8 Å². The summed E-state index contributed by atoms with van der Waals surface area (Å²) in [6.45, 7) is 9.35. The molecule has 1 fully saturated rings. The molecule has 0 aliphatic carbocycles. The third-order valence-electron chi connectivity index (χ3n) is 5.43. The van der Waals surface area contributed by atoms with Gasteiger partial charge in [-0.3, -0.25) is 9.59 Å². The van der Waals surface area contributed by atoms with Gasteiger partial charge in [0.25, 0.3) is 0 Å². The van der Waals surface area contributed by atoms with Crippen molar-refractivity contribution in [2.75, 3.05) is 11.4 Å². The van der Waals surface area contributed by atoms with Gasteiger partial charge >= 0.3 is 0 Å². The van der Waals surface area contributed by atoms with E-state index in [4.69, 9.17) is 0 Å². The van der Waals surface area contributed by atoms with Crippen molar-refractivity contribution < 1.29 is 9.59 Å². The Bertz CT molecular complexity index is 830.